The fourth-order valence-electron chi connectivity index (χ4n) is 12.5. The highest BCUT2D eigenvalue weighted by Gasteiger charge is 2.66. The van der Waals surface area contributed by atoms with Crippen molar-refractivity contribution in [2.75, 3.05) is 9.80 Å². The van der Waals surface area contributed by atoms with Crippen molar-refractivity contribution < 1.29 is 0 Å². The number of benzene rings is 3. The van der Waals surface area contributed by atoms with E-state index < -0.39 is 0 Å². The van der Waals surface area contributed by atoms with E-state index in [2.05, 4.69) is 92.9 Å². The Kier molecular flexibility index (Phi) is 4.42. The van der Waals surface area contributed by atoms with Crippen molar-refractivity contribution in [3.05, 3.63) is 65.2 Å². The van der Waals surface area contributed by atoms with Crippen LogP contribution in [0, 0.1) is 18.8 Å². The Morgan fingerprint density at radius 1 is 0.667 bits per heavy atom. The minimum atomic E-state index is 0.104. The Hall–Kier alpha value is -2.68. The zero-order valence-corrected chi connectivity index (χ0v) is 26.3. The fourth-order valence-corrected chi connectivity index (χ4v) is 12.5. The van der Waals surface area contributed by atoms with Gasteiger partial charge in [-0.15, -0.1) is 0 Å². The number of nitrogens with zero attached hydrogens (tertiary/aromatic N) is 2. The summed E-state index contributed by atoms with van der Waals surface area (Å²) in [7, 11) is 0. The fraction of sp³-hybridized carbons (Fsp3) is 0.538. The number of hydrogen-bond donors (Lipinski definition) is 0. The van der Waals surface area contributed by atoms with E-state index in [1.165, 1.54) is 81.1 Å². The summed E-state index contributed by atoms with van der Waals surface area (Å²) in [5, 5.41) is 0. The van der Waals surface area contributed by atoms with Crippen LogP contribution in [0.3, 0.4) is 0 Å². The summed E-state index contributed by atoms with van der Waals surface area (Å²) >= 11 is 0. The van der Waals surface area contributed by atoms with Gasteiger partial charge in [-0.2, -0.15) is 0 Å². The largest absolute Gasteiger partial charge is 0.335 e. The molecular weight excluding hydrogens is 507 g/mol. The maximum absolute atomic E-state index is 2.94. The molecule has 42 heavy (non-hydrogen) atoms. The Bertz CT molecular complexity index is 1730. The molecule has 0 aromatic heterocycles. The summed E-state index contributed by atoms with van der Waals surface area (Å²) in [6, 6.07) is 20.0. The lowest BCUT2D eigenvalue weighted by Crippen LogP contribution is -2.67. The first kappa shape index (κ1) is 24.7. The van der Waals surface area contributed by atoms with Gasteiger partial charge in [0, 0.05) is 33.6 Å². The van der Waals surface area contributed by atoms with Crippen LogP contribution in [0.25, 0.3) is 0 Å². The molecule has 6 atom stereocenters. The molecule has 0 saturated heterocycles. The molecule has 3 saturated carbocycles. The molecule has 0 amide bonds. The van der Waals surface area contributed by atoms with Crippen LogP contribution in [0.2, 0.25) is 0 Å². The molecule has 0 radical (unpaired) electrons. The summed E-state index contributed by atoms with van der Waals surface area (Å²) in [5.74, 6) is 1.76. The molecule has 214 valence electrons. The molecule has 7 aliphatic rings. The van der Waals surface area contributed by atoms with Gasteiger partial charge in [-0.3, -0.25) is 0 Å². The Morgan fingerprint density at radius 2 is 1.24 bits per heavy atom. The molecule has 3 fully saturated rings. The van der Waals surface area contributed by atoms with Crippen molar-refractivity contribution in [1.29, 1.82) is 0 Å². The summed E-state index contributed by atoms with van der Waals surface area (Å²) in [5.41, 5.74) is 16.2. The highest BCUT2D eigenvalue weighted by Crippen LogP contribution is 2.66. The van der Waals surface area contributed by atoms with Gasteiger partial charge < -0.3 is 9.80 Å². The predicted octanol–water partition coefficient (Wildman–Crippen LogP) is 7.65. The number of para-hydroxylation sites is 2. The number of aryl methyl sites for hydroxylation is 1. The van der Waals surface area contributed by atoms with Crippen molar-refractivity contribution in [3.63, 3.8) is 0 Å². The quantitative estimate of drug-likeness (QED) is 0.265. The zero-order chi connectivity index (χ0) is 28.4. The Labute approximate surface area is 253 Å². The van der Waals surface area contributed by atoms with E-state index in [4.69, 9.17) is 0 Å². The van der Waals surface area contributed by atoms with Gasteiger partial charge in [-0.05, 0) is 104 Å². The second-order valence-electron chi connectivity index (χ2n) is 16.4. The SMILES string of the molecule is Cc1cc2c3c(c1)N1c4c(cccc4C4(C)CC5CCCCC5CC14C)B3c1cccc3c1N2C1(C)CCCCC31C. The number of hydrogen-bond acceptors (Lipinski definition) is 2. The maximum atomic E-state index is 2.94. The summed E-state index contributed by atoms with van der Waals surface area (Å²) in [6.45, 7) is 13.2. The molecular formula is C39H45BN2. The van der Waals surface area contributed by atoms with E-state index in [-0.39, 0.29) is 21.9 Å². The molecule has 2 nitrogen and oxygen atoms in total. The smallest absolute Gasteiger partial charge is 0.252 e. The highest BCUT2D eigenvalue weighted by molar-refractivity contribution is 7.00. The van der Waals surface area contributed by atoms with Crippen molar-refractivity contribution in [2.24, 2.45) is 11.8 Å². The number of anilines is 4. The Balaban J connectivity index is 1.30. The predicted molar refractivity (Wildman–Crippen MR) is 178 cm³/mol. The van der Waals surface area contributed by atoms with Crippen LogP contribution in [0.4, 0.5) is 22.7 Å². The van der Waals surface area contributed by atoms with Gasteiger partial charge in [0.15, 0.2) is 0 Å². The van der Waals surface area contributed by atoms with Gasteiger partial charge in [0.25, 0.3) is 6.71 Å². The average Bonchev–Trinajstić information content (AvgIpc) is 3.32. The van der Waals surface area contributed by atoms with E-state index in [0.29, 0.717) is 6.71 Å². The normalized spacial score (nSPS) is 37.9. The van der Waals surface area contributed by atoms with E-state index in [1.807, 2.05) is 0 Å². The van der Waals surface area contributed by atoms with E-state index in [0.717, 1.165) is 11.8 Å². The molecule has 3 aliphatic carbocycles. The van der Waals surface area contributed by atoms with Crippen LogP contribution < -0.4 is 26.2 Å². The first-order chi connectivity index (χ1) is 20.2. The molecule has 10 rings (SSSR count). The average molecular weight is 553 g/mol. The third-order valence-electron chi connectivity index (χ3n) is 14.8. The number of rotatable bonds is 0. The van der Waals surface area contributed by atoms with Gasteiger partial charge in [0.05, 0.1) is 11.1 Å². The lowest BCUT2D eigenvalue weighted by molar-refractivity contribution is 0.0581. The van der Waals surface area contributed by atoms with Crippen LogP contribution in [-0.4, -0.2) is 17.8 Å². The monoisotopic (exact) mass is 552 g/mol. The van der Waals surface area contributed by atoms with E-state index in [1.54, 1.807) is 38.9 Å². The minimum absolute atomic E-state index is 0.104. The second-order valence-corrected chi connectivity index (χ2v) is 16.4. The molecule has 3 aromatic rings. The van der Waals surface area contributed by atoms with Crippen LogP contribution in [0.5, 0.6) is 0 Å². The van der Waals surface area contributed by atoms with Crippen molar-refractivity contribution in [1.82, 2.24) is 0 Å². The van der Waals surface area contributed by atoms with Crippen LogP contribution in [0.1, 0.15) is 109 Å². The molecule has 3 aromatic carbocycles. The minimum Gasteiger partial charge on any atom is -0.335 e. The topological polar surface area (TPSA) is 6.48 Å². The molecule has 0 spiro atoms. The molecule has 0 N–H and O–H groups in total. The third-order valence-corrected chi connectivity index (χ3v) is 14.8. The molecule has 6 unspecified atom stereocenters. The lowest BCUT2D eigenvalue weighted by Gasteiger charge is -2.57. The zero-order valence-electron chi connectivity index (χ0n) is 26.3. The first-order valence-electron chi connectivity index (χ1n) is 17.2. The first-order valence-corrected chi connectivity index (χ1v) is 17.2. The highest BCUT2D eigenvalue weighted by atomic mass is 15.3. The van der Waals surface area contributed by atoms with Gasteiger partial charge in [0.2, 0.25) is 0 Å². The second kappa shape index (κ2) is 7.51. The van der Waals surface area contributed by atoms with Crippen LogP contribution in [-0.2, 0) is 10.8 Å². The third kappa shape index (κ3) is 2.47. The summed E-state index contributed by atoms with van der Waals surface area (Å²) < 4.78 is 0. The van der Waals surface area contributed by atoms with Gasteiger partial charge >= 0.3 is 0 Å². The summed E-state index contributed by atoms with van der Waals surface area (Å²) in [4.78, 5) is 5.84. The molecule has 0 bridgehead atoms. The summed E-state index contributed by atoms with van der Waals surface area (Å²) in [6.07, 6.45) is 13.7. The number of fused-ring (bicyclic) bond motifs is 11. The van der Waals surface area contributed by atoms with Crippen molar-refractivity contribution >= 4 is 45.9 Å². The van der Waals surface area contributed by atoms with E-state index >= 15 is 0 Å². The van der Waals surface area contributed by atoms with E-state index in [9.17, 15) is 0 Å². The van der Waals surface area contributed by atoms with Gasteiger partial charge in [-0.1, -0.05) is 88.8 Å². The van der Waals surface area contributed by atoms with Crippen LogP contribution in [0.15, 0.2) is 48.5 Å². The molecule has 4 heterocycles. The lowest BCUT2D eigenvalue weighted by atomic mass is 9.33. The molecule has 3 heteroatoms. The maximum Gasteiger partial charge on any atom is 0.252 e. The van der Waals surface area contributed by atoms with Crippen molar-refractivity contribution in [2.45, 2.75) is 121 Å². The van der Waals surface area contributed by atoms with Crippen LogP contribution >= 0.6 is 0 Å². The van der Waals surface area contributed by atoms with Gasteiger partial charge in [0.1, 0.15) is 0 Å². The molecule has 4 aliphatic heterocycles. The standard InChI is InChI=1S/C39H45BN2/c1-24-20-31-33-32(21-24)42-35-28(37(3)22-25-12-6-7-13-26(25)23-39(37,42)5)15-11-17-30(35)40(33)29-16-10-14-27-34(29)41(31)38(4)19-9-8-18-36(27,38)2/h10-11,14-17,20-21,25-26H,6-9,12-13,18-19,22-23H2,1-5H3. The Morgan fingerprint density at radius 3 is 1.90 bits per heavy atom. The van der Waals surface area contributed by atoms with Gasteiger partial charge in [-0.25, -0.2) is 0 Å². The van der Waals surface area contributed by atoms with Crippen molar-refractivity contribution in [3.8, 4) is 0 Å².